The normalized spacial score (nSPS) is 12.3. The third-order valence-corrected chi connectivity index (χ3v) is 3.43. The van der Waals surface area contributed by atoms with E-state index in [1.165, 1.54) is 0 Å². The minimum absolute atomic E-state index is 0.0241. The molecule has 3 nitrogen and oxygen atoms in total. The number of halogens is 1. The zero-order valence-corrected chi connectivity index (χ0v) is 14.9. The summed E-state index contributed by atoms with van der Waals surface area (Å²) in [4.78, 5) is 6.96. The fourth-order valence-corrected chi connectivity index (χ4v) is 2.11. The van der Waals surface area contributed by atoms with Crippen LogP contribution in [0.5, 0.6) is 0 Å². The van der Waals surface area contributed by atoms with Gasteiger partial charge in [0.1, 0.15) is 5.82 Å². The van der Waals surface area contributed by atoms with Gasteiger partial charge in [0.15, 0.2) is 0 Å². The summed E-state index contributed by atoms with van der Waals surface area (Å²) in [6.07, 6.45) is 1.90. The van der Waals surface area contributed by atoms with Gasteiger partial charge in [0.25, 0.3) is 0 Å². The number of hydrogen-bond acceptors (Lipinski definition) is 3. The van der Waals surface area contributed by atoms with E-state index in [9.17, 15) is 0 Å². The Labute approximate surface area is 134 Å². The van der Waals surface area contributed by atoms with Gasteiger partial charge in [-0.15, -0.1) is 6.58 Å². The smallest absolute Gasteiger partial charge is 0.129 e. The first-order valence-electron chi connectivity index (χ1n) is 7.33. The SMILES string of the molecule is C=CCN(c1ccc(Cl)c(CNC(C)(C)C)n1)C(C)(C)C. The molecular formula is C17H28ClN3. The van der Waals surface area contributed by atoms with E-state index in [-0.39, 0.29) is 11.1 Å². The maximum atomic E-state index is 6.28. The van der Waals surface area contributed by atoms with E-state index in [0.29, 0.717) is 11.6 Å². The molecule has 0 fully saturated rings. The Hall–Kier alpha value is -1.06. The van der Waals surface area contributed by atoms with Gasteiger partial charge in [-0.3, -0.25) is 0 Å². The number of anilines is 1. The van der Waals surface area contributed by atoms with Crippen molar-refractivity contribution in [1.82, 2.24) is 10.3 Å². The zero-order chi connectivity index (χ0) is 16.3. The van der Waals surface area contributed by atoms with Gasteiger partial charge in [-0.1, -0.05) is 17.7 Å². The lowest BCUT2D eigenvalue weighted by Crippen LogP contribution is -2.42. The van der Waals surface area contributed by atoms with E-state index in [2.05, 4.69) is 58.3 Å². The summed E-state index contributed by atoms with van der Waals surface area (Å²) in [6, 6.07) is 3.89. The van der Waals surface area contributed by atoms with Crippen molar-refractivity contribution in [2.45, 2.75) is 59.2 Å². The van der Waals surface area contributed by atoms with Crippen LogP contribution in [-0.4, -0.2) is 22.6 Å². The molecule has 0 unspecified atom stereocenters. The Morgan fingerprint density at radius 2 is 1.86 bits per heavy atom. The van der Waals surface area contributed by atoms with Gasteiger partial charge in [-0.25, -0.2) is 4.98 Å². The van der Waals surface area contributed by atoms with E-state index in [1.807, 2.05) is 18.2 Å². The van der Waals surface area contributed by atoms with E-state index in [1.54, 1.807) is 0 Å². The quantitative estimate of drug-likeness (QED) is 0.816. The number of aromatic nitrogens is 1. The maximum absolute atomic E-state index is 6.28. The first kappa shape index (κ1) is 18.0. The molecule has 0 bridgehead atoms. The summed E-state index contributed by atoms with van der Waals surface area (Å²) in [5, 5.41) is 4.13. The standard InChI is InChI=1S/C17H28ClN3/c1-8-11-21(17(5,6)7)15-10-9-13(18)14(20-15)12-19-16(2,3)4/h8-10,19H,1,11-12H2,2-7H3. The Morgan fingerprint density at radius 3 is 2.33 bits per heavy atom. The largest absolute Gasteiger partial charge is 0.348 e. The van der Waals surface area contributed by atoms with Gasteiger partial charge >= 0.3 is 0 Å². The van der Waals surface area contributed by atoms with Crippen LogP contribution < -0.4 is 10.2 Å². The number of nitrogens with one attached hydrogen (secondary N) is 1. The van der Waals surface area contributed by atoms with Crippen molar-refractivity contribution in [3.63, 3.8) is 0 Å². The maximum Gasteiger partial charge on any atom is 0.129 e. The number of rotatable bonds is 5. The molecule has 0 radical (unpaired) electrons. The highest BCUT2D eigenvalue weighted by molar-refractivity contribution is 6.31. The van der Waals surface area contributed by atoms with Crippen LogP contribution in [0, 0.1) is 0 Å². The van der Waals surface area contributed by atoms with Gasteiger partial charge in [0.2, 0.25) is 0 Å². The molecule has 0 atom stereocenters. The predicted molar refractivity (Wildman–Crippen MR) is 93.1 cm³/mol. The Morgan fingerprint density at radius 1 is 1.24 bits per heavy atom. The van der Waals surface area contributed by atoms with Gasteiger partial charge in [0, 0.05) is 24.2 Å². The lowest BCUT2D eigenvalue weighted by Gasteiger charge is -2.36. The minimum atomic E-state index is -0.0241. The van der Waals surface area contributed by atoms with Crippen LogP contribution >= 0.6 is 11.6 Å². The molecule has 118 valence electrons. The van der Waals surface area contributed by atoms with Gasteiger partial charge < -0.3 is 10.2 Å². The molecule has 4 heteroatoms. The highest BCUT2D eigenvalue weighted by atomic mass is 35.5. The van der Waals surface area contributed by atoms with Crippen molar-refractivity contribution in [3.05, 3.63) is 35.5 Å². The molecule has 1 aromatic rings. The zero-order valence-electron chi connectivity index (χ0n) is 14.1. The van der Waals surface area contributed by atoms with Crippen molar-refractivity contribution in [3.8, 4) is 0 Å². The number of pyridine rings is 1. The van der Waals surface area contributed by atoms with Gasteiger partial charge in [0.05, 0.1) is 10.7 Å². The number of hydrogen-bond donors (Lipinski definition) is 1. The van der Waals surface area contributed by atoms with Crippen LogP contribution in [-0.2, 0) is 6.54 Å². The minimum Gasteiger partial charge on any atom is -0.348 e. The predicted octanol–water partition coefficient (Wildman–Crippen LogP) is 4.41. The van der Waals surface area contributed by atoms with Crippen LogP contribution in [0.2, 0.25) is 5.02 Å². The van der Waals surface area contributed by atoms with Gasteiger partial charge in [-0.05, 0) is 53.7 Å². The first-order chi connectivity index (χ1) is 9.54. The molecule has 1 heterocycles. The monoisotopic (exact) mass is 309 g/mol. The molecule has 1 aromatic heterocycles. The van der Waals surface area contributed by atoms with E-state index in [4.69, 9.17) is 16.6 Å². The molecule has 0 amide bonds. The van der Waals surface area contributed by atoms with Crippen molar-refractivity contribution >= 4 is 17.4 Å². The third-order valence-electron chi connectivity index (χ3n) is 3.09. The summed E-state index contributed by atoms with van der Waals surface area (Å²) in [5.74, 6) is 0.928. The first-order valence-corrected chi connectivity index (χ1v) is 7.71. The van der Waals surface area contributed by atoms with E-state index in [0.717, 1.165) is 18.1 Å². The molecule has 0 saturated heterocycles. The summed E-state index contributed by atoms with van der Waals surface area (Å²) in [7, 11) is 0. The topological polar surface area (TPSA) is 28.2 Å². The van der Waals surface area contributed by atoms with E-state index >= 15 is 0 Å². The molecule has 0 saturated carbocycles. The van der Waals surface area contributed by atoms with Crippen molar-refractivity contribution in [1.29, 1.82) is 0 Å². The molecule has 0 aromatic carbocycles. The highest BCUT2D eigenvalue weighted by Gasteiger charge is 2.22. The lowest BCUT2D eigenvalue weighted by atomic mass is 10.1. The van der Waals surface area contributed by atoms with Crippen LogP contribution in [0.1, 0.15) is 47.2 Å². The Balaban J connectivity index is 3.06. The third kappa shape index (κ3) is 5.68. The fraction of sp³-hybridized carbons (Fsp3) is 0.588. The number of nitrogens with zero attached hydrogens (tertiary/aromatic N) is 2. The summed E-state index contributed by atoms with van der Waals surface area (Å²) in [5.41, 5.74) is 0.887. The van der Waals surface area contributed by atoms with Gasteiger partial charge in [-0.2, -0.15) is 0 Å². The average Bonchev–Trinajstić information content (AvgIpc) is 2.33. The molecule has 1 N–H and O–H groups in total. The average molecular weight is 310 g/mol. The van der Waals surface area contributed by atoms with Crippen molar-refractivity contribution < 1.29 is 0 Å². The second-order valence-electron chi connectivity index (χ2n) is 7.27. The van der Waals surface area contributed by atoms with Crippen LogP contribution in [0.4, 0.5) is 5.82 Å². The fourth-order valence-electron chi connectivity index (χ4n) is 1.94. The highest BCUT2D eigenvalue weighted by Crippen LogP contribution is 2.25. The summed E-state index contributed by atoms with van der Waals surface area (Å²) in [6.45, 7) is 18.1. The lowest BCUT2D eigenvalue weighted by molar-refractivity contribution is 0.421. The van der Waals surface area contributed by atoms with Crippen molar-refractivity contribution in [2.24, 2.45) is 0 Å². The van der Waals surface area contributed by atoms with Crippen molar-refractivity contribution in [2.75, 3.05) is 11.4 Å². The molecular weight excluding hydrogens is 282 g/mol. The van der Waals surface area contributed by atoms with Crippen LogP contribution in [0.3, 0.4) is 0 Å². The summed E-state index contributed by atoms with van der Waals surface area (Å²) < 4.78 is 0. The second-order valence-corrected chi connectivity index (χ2v) is 7.68. The second kappa shape index (κ2) is 6.80. The molecule has 1 rings (SSSR count). The Bertz CT molecular complexity index is 484. The Kier molecular flexibility index (Phi) is 5.83. The molecule has 21 heavy (non-hydrogen) atoms. The van der Waals surface area contributed by atoms with Crippen LogP contribution in [0.15, 0.2) is 24.8 Å². The van der Waals surface area contributed by atoms with Crippen LogP contribution in [0.25, 0.3) is 0 Å². The molecule has 0 aliphatic heterocycles. The molecule has 0 spiro atoms. The van der Waals surface area contributed by atoms with E-state index < -0.39 is 0 Å². The summed E-state index contributed by atoms with van der Waals surface area (Å²) >= 11 is 6.28. The molecule has 0 aliphatic rings. The molecule has 0 aliphatic carbocycles.